The predicted octanol–water partition coefficient (Wildman–Crippen LogP) is 2.78. The molecule has 0 spiro atoms. The van der Waals surface area contributed by atoms with E-state index in [0.29, 0.717) is 34.6 Å². The number of hydrogen-bond acceptors (Lipinski definition) is 6. The van der Waals surface area contributed by atoms with Crippen LogP contribution in [0.1, 0.15) is 30.2 Å². The number of hydrogen-bond donors (Lipinski definition) is 0. The summed E-state index contributed by atoms with van der Waals surface area (Å²) in [7, 11) is 3.54. The van der Waals surface area contributed by atoms with Crippen LogP contribution in [0.15, 0.2) is 58.8 Å². The van der Waals surface area contributed by atoms with Crippen LogP contribution in [0, 0.1) is 6.92 Å². The van der Waals surface area contributed by atoms with Crippen molar-refractivity contribution in [1.29, 1.82) is 0 Å². The summed E-state index contributed by atoms with van der Waals surface area (Å²) in [4.78, 5) is 33.9. The van der Waals surface area contributed by atoms with E-state index >= 15 is 0 Å². The number of allylic oxidation sites excluding steroid dienone is 1. The SMILES string of the molecule is CC1=C(C(=O)OCCn2cc[n+](C)c2)C(c2ccc(Cl)cc2)N(Cc2noc(C)n2)C(=O)N1C. The number of amides is 2. The van der Waals surface area contributed by atoms with Crippen LogP contribution in [-0.4, -0.2) is 50.2 Å². The standard InChI is InChI=1S/C23H26ClN6O4/c1-15-20(22(31)33-12-11-29-10-9-27(3)14-29)21(17-5-7-18(24)8-6-17)30(23(32)28(15)4)13-19-25-16(2)34-26-19/h5-10,14,21H,11-13H2,1-4H3/q+1. The Morgan fingerprint density at radius 2 is 2.00 bits per heavy atom. The molecule has 3 aromatic rings. The van der Waals surface area contributed by atoms with Crippen LogP contribution >= 0.6 is 11.6 Å². The smallest absolute Gasteiger partial charge is 0.338 e. The van der Waals surface area contributed by atoms with Crippen molar-refractivity contribution >= 4 is 23.6 Å². The number of nitrogens with zero attached hydrogens (tertiary/aromatic N) is 6. The molecule has 1 atom stereocenters. The van der Waals surface area contributed by atoms with E-state index in [1.165, 1.54) is 9.80 Å². The van der Waals surface area contributed by atoms with E-state index in [0.717, 1.165) is 5.56 Å². The molecule has 10 nitrogen and oxygen atoms in total. The molecule has 1 aliphatic heterocycles. The van der Waals surface area contributed by atoms with Gasteiger partial charge in [0.15, 0.2) is 5.82 Å². The average molecular weight is 486 g/mol. The Morgan fingerprint density at radius 1 is 1.26 bits per heavy atom. The molecule has 0 bridgehead atoms. The van der Waals surface area contributed by atoms with Crippen LogP contribution in [0.25, 0.3) is 0 Å². The average Bonchev–Trinajstić information content (AvgIpc) is 3.42. The van der Waals surface area contributed by atoms with E-state index in [9.17, 15) is 9.59 Å². The lowest BCUT2D eigenvalue weighted by atomic mass is 9.93. The first-order chi connectivity index (χ1) is 16.2. The van der Waals surface area contributed by atoms with E-state index in [-0.39, 0.29) is 19.2 Å². The molecule has 2 aromatic heterocycles. The van der Waals surface area contributed by atoms with Crippen LogP contribution in [0.3, 0.4) is 0 Å². The molecule has 11 heteroatoms. The zero-order valence-corrected chi connectivity index (χ0v) is 20.2. The van der Waals surface area contributed by atoms with Gasteiger partial charge in [-0.3, -0.25) is 0 Å². The zero-order chi connectivity index (χ0) is 24.4. The van der Waals surface area contributed by atoms with Gasteiger partial charge >= 0.3 is 12.0 Å². The third-order valence-corrected chi connectivity index (χ3v) is 5.96. The Balaban J connectivity index is 1.67. The summed E-state index contributed by atoms with van der Waals surface area (Å²) in [5, 5.41) is 4.48. The summed E-state index contributed by atoms with van der Waals surface area (Å²) in [6.45, 7) is 4.15. The molecule has 0 saturated carbocycles. The minimum absolute atomic E-state index is 0.0533. The minimum Gasteiger partial charge on any atom is -0.458 e. The normalized spacial score (nSPS) is 16.4. The number of halogens is 1. The molecule has 4 rings (SSSR count). The number of esters is 1. The van der Waals surface area contributed by atoms with Gasteiger partial charge < -0.3 is 19.1 Å². The minimum atomic E-state index is -0.711. The Hall–Kier alpha value is -3.66. The van der Waals surface area contributed by atoms with Crippen LogP contribution in [0.5, 0.6) is 0 Å². The van der Waals surface area contributed by atoms with Gasteiger partial charge in [-0.2, -0.15) is 4.98 Å². The van der Waals surface area contributed by atoms with Crippen LogP contribution in [-0.2, 0) is 29.7 Å². The first-order valence-corrected chi connectivity index (χ1v) is 11.1. The molecule has 1 aliphatic rings. The second-order valence-corrected chi connectivity index (χ2v) is 8.54. The van der Waals surface area contributed by atoms with Crippen molar-refractivity contribution in [1.82, 2.24) is 24.5 Å². The maximum atomic E-state index is 13.4. The summed E-state index contributed by atoms with van der Waals surface area (Å²) in [6, 6.07) is 6.02. The lowest BCUT2D eigenvalue weighted by molar-refractivity contribution is -0.671. The highest BCUT2D eigenvalue weighted by molar-refractivity contribution is 6.30. The third-order valence-electron chi connectivity index (χ3n) is 5.70. The molecule has 3 heterocycles. The number of benzene rings is 1. The van der Waals surface area contributed by atoms with Crippen molar-refractivity contribution in [2.24, 2.45) is 7.05 Å². The summed E-state index contributed by atoms with van der Waals surface area (Å²) in [6.07, 6.45) is 5.71. The van der Waals surface area contributed by atoms with Gasteiger partial charge in [-0.25, -0.2) is 18.7 Å². The highest BCUT2D eigenvalue weighted by Gasteiger charge is 2.41. The van der Waals surface area contributed by atoms with E-state index in [1.807, 2.05) is 34.9 Å². The van der Waals surface area contributed by atoms with Gasteiger partial charge in [-0.1, -0.05) is 28.9 Å². The maximum absolute atomic E-state index is 13.4. The van der Waals surface area contributed by atoms with Crippen molar-refractivity contribution in [3.63, 3.8) is 0 Å². The van der Waals surface area contributed by atoms with Gasteiger partial charge in [-0.15, -0.1) is 0 Å². The second kappa shape index (κ2) is 9.68. The number of aromatic nitrogens is 4. The van der Waals surface area contributed by atoms with Crippen LogP contribution in [0.4, 0.5) is 4.79 Å². The van der Waals surface area contributed by atoms with E-state index in [2.05, 4.69) is 10.1 Å². The van der Waals surface area contributed by atoms with Gasteiger partial charge in [-0.05, 0) is 24.6 Å². The number of aryl methyl sites for hydroxylation is 2. The summed E-state index contributed by atoms with van der Waals surface area (Å²) in [5.74, 6) is 0.231. The Kier molecular flexibility index (Phi) is 6.69. The Morgan fingerprint density at radius 3 is 2.62 bits per heavy atom. The molecule has 0 N–H and O–H groups in total. The fourth-order valence-electron chi connectivity index (χ4n) is 3.90. The van der Waals surface area contributed by atoms with Gasteiger partial charge in [0.25, 0.3) is 0 Å². The number of carbonyl (C=O) groups excluding carboxylic acids is 2. The van der Waals surface area contributed by atoms with E-state index in [1.54, 1.807) is 45.2 Å². The molecule has 178 valence electrons. The van der Waals surface area contributed by atoms with Crippen molar-refractivity contribution in [3.05, 3.63) is 76.6 Å². The summed E-state index contributed by atoms with van der Waals surface area (Å²) >= 11 is 6.10. The number of imidazole rings is 1. The van der Waals surface area contributed by atoms with Crippen LogP contribution < -0.4 is 4.57 Å². The first kappa shape index (κ1) is 23.5. The third kappa shape index (κ3) is 4.81. The molecule has 1 aromatic carbocycles. The fraction of sp³-hybridized carbons (Fsp3) is 0.348. The zero-order valence-electron chi connectivity index (χ0n) is 19.4. The number of ether oxygens (including phenoxy) is 1. The van der Waals surface area contributed by atoms with Gasteiger partial charge in [0, 0.05) is 24.7 Å². The monoisotopic (exact) mass is 485 g/mol. The highest BCUT2D eigenvalue weighted by Crippen LogP contribution is 2.38. The van der Waals surface area contributed by atoms with Crippen molar-refractivity contribution in [2.75, 3.05) is 13.7 Å². The summed E-state index contributed by atoms with van der Waals surface area (Å²) < 4.78 is 14.6. The highest BCUT2D eigenvalue weighted by atomic mass is 35.5. The molecule has 0 aliphatic carbocycles. The topological polar surface area (TPSA) is 97.6 Å². The number of carbonyl (C=O) groups is 2. The second-order valence-electron chi connectivity index (χ2n) is 8.11. The van der Waals surface area contributed by atoms with Crippen LogP contribution in [0.2, 0.25) is 5.02 Å². The molecule has 34 heavy (non-hydrogen) atoms. The largest absolute Gasteiger partial charge is 0.458 e. The lowest BCUT2D eigenvalue weighted by Gasteiger charge is -2.41. The molecule has 2 amide bonds. The first-order valence-electron chi connectivity index (χ1n) is 10.7. The van der Waals surface area contributed by atoms with Crippen molar-refractivity contribution < 1.29 is 23.4 Å². The van der Waals surface area contributed by atoms with E-state index < -0.39 is 12.0 Å². The Bertz CT molecular complexity index is 1230. The van der Waals surface area contributed by atoms with Crippen molar-refractivity contribution in [3.8, 4) is 0 Å². The van der Waals surface area contributed by atoms with Gasteiger partial charge in [0.2, 0.25) is 12.2 Å². The molecular weight excluding hydrogens is 460 g/mol. The van der Waals surface area contributed by atoms with Gasteiger partial charge in [0.05, 0.1) is 25.2 Å². The molecule has 0 saturated heterocycles. The van der Waals surface area contributed by atoms with Crippen molar-refractivity contribution in [2.45, 2.75) is 33.0 Å². The number of urea groups is 1. The fourth-order valence-corrected chi connectivity index (χ4v) is 4.03. The van der Waals surface area contributed by atoms with E-state index in [4.69, 9.17) is 20.9 Å². The molecule has 1 unspecified atom stereocenters. The maximum Gasteiger partial charge on any atom is 0.338 e. The number of rotatable bonds is 7. The molecule has 0 fully saturated rings. The van der Waals surface area contributed by atoms with Gasteiger partial charge in [0.1, 0.15) is 25.5 Å². The predicted molar refractivity (Wildman–Crippen MR) is 121 cm³/mol. The quantitative estimate of drug-likeness (QED) is 0.377. The lowest BCUT2D eigenvalue weighted by Crippen LogP contribution is -2.49. The molecule has 0 radical (unpaired) electrons. The molecular formula is C23H26ClN6O4+. The summed E-state index contributed by atoms with van der Waals surface area (Å²) in [5.41, 5.74) is 1.60. The Labute approximate surface area is 202 Å².